The molecule has 6 heteroatoms. The highest BCUT2D eigenvalue weighted by Crippen LogP contribution is 2.29. The van der Waals surface area contributed by atoms with Crippen LogP contribution in [0.15, 0.2) is 54.6 Å². The van der Waals surface area contributed by atoms with Gasteiger partial charge in [-0.05, 0) is 56.9 Å². The molecule has 0 bridgehead atoms. The Hall–Kier alpha value is -1.66. The van der Waals surface area contributed by atoms with Crippen molar-refractivity contribution in [2.45, 2.75) is 50.6 Å². The summed E-state index contributed by atoms with van der Waals surface area (Å²) in [5.74, 6) is 0. The monoisotopic (exact) mass is 383 g/mol. The lowest BCUT2D eigenvalue weighted by molar-refractivity contribution is -0.137. The van der Waals surface area contributed by atoms with Crippen LogP contribution in [0, 0.1) is 0 Å². The summed E-state index contributed by atoms with van der Waals surface area (Å²) in [5, 5.41) is 0. The summed E-state index contributed by atoms with van der Waals surface area (Å²) in [6.07, 6.45) is -3.10. The Morgan fingerprint density at radius 3 is 2.04 bits per heavy atom. The number of nitrogens with one attached hydrogen (secondary N) is 1. The minimum atomic E-state index is -4.32. The van der Waals surface area contributed by atoms with E-state index in [1.165, 1.54) is 12.1 Å². The van der Waals surface area contributed by atoms with Gasteiger partial charge in [0.25, 0.3) is 0 Å². The molecule has 0 aliphatic carbocycles. The van der Waals surface area contributed by atoms with Crippen molar-refractivity contribution >= 4 is 11.0 Å². The minimum absolute atomic E-state index is 0.140. The molecule has 0 aromatic heterocycles. The van der Waals surface area contributed by atoms with E-state index in [1.807, 2.05) is 51.1 Å². The first-order valence-electron chi connectivity index (χ1n) is 8.46. The van der Waals surface area contributed by atoms with Crippen molar-refractivity contribution in [3.8, 4) is 0 Å². The average Bonchev–Trinajstić information content (AvgIpc) is 2.58. The van der Waals surface area contributed by atoms with E-state index in [0.717, 1.165) is 23.3 Å². The Bertz CT molecular complexity index is 721. The van der Waals surface area contributed by atoms with E-state index >= 15 is 0 Å². The van der Waals surface area contributed by atoms with Crippen molar-refractivity contribution in [3.63, 3.8) is 0 Å². The smallest absolute Gasteiger partial charge is 0.242 e. The summed E-state index contributed by atoms with van der Waals surface area (Å²) in [7, 11) is -1.24. The van der Waals surface area contributed by atoms with Crippen molar-refractivity contribution < 1.29 is 17.4 Å². The normalized spacial score (nSPS) is 14.8. The Balaban J connectivity index is 2.11. The molecule has 0 heterocycles. The molecule has 2 nitrogen and oxygen atoms in total. The zero-order valence-electron chi connectivity index (χ0n) is 15.1. The van der Waals surface area contributed by atoms with E-state index in [-0.39, 0.29) is 6.04 Å². The molecule has 142 valence electrons. The van der Waals surface area contributed by atoms with Gasteiger partial charge in [0.2, 0.25) is 0 Å². The largest absolute Gasteiger partial charge is 0.416 e. The lowest BCUT2D eigenvalue weighted by Crippen LogP contribution is -2.36. The molecule has 0 saturated carbocycles. The fraction of sp³-hybridized carbons (Fsp3) is 0.400. The van der Waals surface area contributed by atoms with Crippen LogP contribution in [-0.2, 0) is 23.6 Å². The van der Waals surface area contributed by atoms with Crippen LogP contribution in [0.5, 0.6) is 0 Å². The molecule has 0 saturated heterocycles. The van der Waals surface area contributed by atoms with Gasteiger partial charge in [-0.25, -0.2) is 8.93 Å². The SMILES string of the molecule is CC(C)(C)S(=O)NC(CCc1ccc(C(F)(F)F)cc1)c1ccccc1. The second-order valence-corrected chi connectivity index (χ2v) is 9.19. The van der Waals surface area contributed by atoms with Gasteiger partial charge in [-0.15, -0.1) is 0 Å². The van der Waals surface area contributed by atoms with Crippen LogP contribution in [0.4, 0.5) is 13.2 Å². The molecular weight excluding hydrogens is 359 g/mol. The van der Waals surface area contributed by atoms with Crippen LogP contribution in [0.25, 0.3) is 0 Å². The average molecular weight is 383 g/mol. The highest BCUT2D eigenvalue weighted by Gasteiger charge is 2.30. The Morgan fingerprint density at radius 1 is 0.962 bits per heavy atom. The van der Waals surface area contributed by atoms with Gasteiger partial charge < -0.3 is 0 Å². The summed E-state index contributed by atoms with van der Waals surface area (Å²) >= 11 is 0. The molecule has 0 amide bonds. The van der Waals surface area contributed by atoms with Crippen LogP contribution < -0.4 is 4.72 Å². The van der Waals surface area contributed by atoms with Gasteiger partial charge in [-0.2, -0.15) is 13.2 Å². The Kier molecular flexibility index (Phi) is 6.64. The Labute approximate surface area is 155 Å². The van der Waals surface area contributed by atoms with Gasteiger partial charge in [0, 0.05) is 6.04 Å². The standard InChI is InChI=1S/C20H24F3NOS/c1-19(2,3)26(25)24-18(16-7-5-4-6-8-16)14-11-15-9-12-17(13-10-15)20(21,22)23/h4-10,12-13,18,24H,11,14H2,1-3H3. The van der Waals surface area contributed by atoms with Crippen LogP contribution in [0.3, 0.4) is 0 Å². The maximum Gasteiger partial charge on any atom is 0.416 e. The predicted molar refractivity (Wildman–Crippen MR) is 100.0 cm³/mol. The zero-order chi connectivity index (χ0) is 19.4. The minimum Gasteiger partial charge on any atom is -0.242 e. The lowest BCUT2D eigenvalue weighted by atomic mass is 9.99. The van der Waals surface area contributed by atoms with Gasteiger partial charge in [0.05, 0.1) is 21.3 Å². The molecule has 1 N–H and O–H groups in total. The molecule has 2 aromatic carbocycles. The van der Waals surface area contributed by atoms with Gasteiger partial charge in [0.1, 0.15) is 0 Å². The van der Waals surface area contributed by atoms with Crippen molar-refractivity contribution in [2.24, 2.45) is 0 Å². The van der Waals surface area contributed by atoms with Gasteiger partial charge in [0.15, 0.2) is 0 Å². The van der Waals surface area contributed by atoms with Crippen LogP contribution in [0.2, 0.25) is 0 Å². The molecule has 26 heavy (non-hydrogen) atoms. The summed E-state index contributed by atoms with van der Waals surface area (Å²) in [4.78, 5) is 0. The Morgan fingerprint density at radius 2 is 1.54 bits per heavy atom. The van der Waals surface area contributed by atoms with Gasteiger partial charge >= 0.3 is 6.18 Å². The van der Waals surface area contributed by atoms with E-state index in [4.69, 9.17) is 0 Å². The van der Waals surface area contributed by atoms with E-state index in [1.54, 1.807) is 0 Å². The third kappa shape index (κ3) is 5.95. The number of hydrogen-bond donors (Lipinski definition) is 1. The van der Waals surface area contributed by atoms with E-state index in [0.29, 0.717) is 12.8 Å². The van der Waals surface area contributed by atoms with E-state index in [2.05, 4.69) is 4.72 Å². The number of benzene rings is 2. The molecule has 2 unspecified atom stereocenters. The lowest BCUT2D eigenvalue weighted by Gasteiger charge is -2.24. The van der Waals surface area contributed by atoms with Gasteiger partial charge in [-0.3, -0.25) is 0 Å². The molecular formula is C20H24F3NOS. The molecule has 0 aliphatic rings. The zero-order valence-corrected chi connectivity index (χ0v) is 16.0. The summed E-state index contributed by atoms with van der Waals surface area (Å²) in [6, 6.07) is 14.8. The highest BCUT2D eigenvalue weighted by molar-refractivity contribution is 7.84. The molecule has 0 aliphatic heterocycles. The van der Waals surface area contributed by atoms with Crippen LogP contribution >= 0.6 is 0 Å². The molecule has 2 rings (SSSR count). The molecule has 0 radical (unpaired) electrons. The topological polar surface area (TPSA) is 29.1 Å². The number of hydrogen-bond acceptors (Lipinski definition) is 1. The van der Waals surface area contributed by atoms with E-state index < -0.39 is 27.5 Å². The quantitative estimate of drug-likeness (QED) is 0.708. The third-order valence-corrected chi connectivity index (χ3v) is 5.62. The van der Waals surface area contributed by atoms with Crippen LogP contribution in [0.1, 0.15) is 49.9 Å². The first-order chi connectivity index (χ1) is 12.1. The van der Waals surface area contributed by atoms with Crippen molar-refractivity contribution in [3.05, 3.63) is 71.3 Å². The molecule has 2 atom stereocenters. The first kappa shape index (κ1) is 20.6. The fourth-order valence-electron chi connectivity index (χ4n) is 2.46. The fourth-order valence-corrected chi connectivity index (χ4v) is 3.32. The summed E-state index contributed by atoms with van der Waals surface area (Å²) in [6.45, 7) is 5.69. The summed E-state index contributed by atoms with van der Waals surface area (Å²) < 4.78 is 53.3. The second kappa shape index (κ2) is 8.35. The first-order valence-corrected chi connectivity index (χ1v) is 9.61. The van der Waals surface area contributed by atoms with E-state index in [9.17, 15) is 17.4 Å². The second-order valence-electron chi connectivity index (χ2n) is 7.20. The van der Waals surface area contributed by atoms with Crippen molar-refractivity contribution in [1.29, 1.82) is 0 Å². The van der Waals surface area contributed by atoms with Crippen LogP contribution in [-0.4, -0.2) is 8.96 Å². The number of halogens is 3. The number of aryl methyl sites for hydroxylation is 1. The maximum atomic E-state index is 12.7. The maximum absolute atomic E-state index is 12.7. The molecule has 0 fully saturated rings. The third-order valence-electron chi connectivity index (χ3n) is 4.01. The number of rotatable bonds is 6. The molecule has 2 aromatic rings. The predicted octanol–water partition coefficient (Wildman–Crippen LogP) is 5.43. The van der Waals surface area contributed by atoms with Crippen molar-refractivity contribution in [2.75, 3.05) is 0 Å². The highest BCUT2D eigenvalue weighted by atomic mass is 32.2. The van der Waals surface area contributed by atoms with Crippen molar-refractivity contribution in [1.82, 2.24) is 4.72 Å². The summed E-state index contributed by atoms with van der Waals surface area (Å²) in [5.41, 5.74) is 1.19. The number of alkyl halides is 3. The van der Waals surface area contributed by atoms with Gasteiger partial charge in [-0.1, -0.05) is 42.5 Å². The molecule has 0 spiro atoms.